The van der Waals surface area contributed by atoms with Gasteiger partial charge in [-0.05, 0) is 26.0 Å². The number of hydrogen-bond donors (Lipinski definition) is 2. The van der Waals surface area contributed by atoms with Crippen LogP contribution in [0.4, 0.5) is 0 Å². The molecule has 0 aromatic rings. The molecule has 2 N–H and O–H groups in total. The standard InChI is InChI=1S/C8H17NOS/c1-6(7(2)10)9-8-3-4-11-5-8/h6-10H,3-5H2,1-2H3. The van der Waals surface area contributed by atoms with Crippen LogP contribution in [-0.2, 0) is 0 Å². The normalized spacial score (nSPS) is 30.3. The molecule has 66 valence electrons. The lowest BCUT2D eigenvalue weighted by atomic mass is 10.1. The Morgan fingerprint density at radius 2 is 2.27 bits per heavy atom. The monoisotopic (exact) mass is 175 g/mol. The Morgan fingerprint density at radius 1 is 1.55 bits per heavy atom. The molecule has 0 aromatic carbocycles. The zero-order valence-corrected chi connectivity index (χ0v) is 8.03. The molecule has 0 aromatic heterocycles. The zero-order chi connectivity index (χ0) is 8.27. The van der Waals surface area contributed by atoms with Crippen LogP contribution in [0.25, 0.3) is 0 Å². The molecular weight excluding hydrogens is 158 g/mol. The highest BCUT2D eigenvalue weighted by molar-refractivity contribution is 7.99. The van der Waals surface area contributed by atoms with Crippen molar-refractivity contribution in [1.29, 1.82) is 0 Å². The van der Waals surface area contributed by atoms with Gasteiger partial charge in [-0.25, -0.2) is 0 Å². The molecule has 3 unspecified atom stereocenters. The van der Waals surface area contributed by atoms with Gasteiger partial charge in [-0.1, -0.05) is 0 Å². The first kappa shape index (κ1) is 9.36. The molecule has 3 atom stereocenters. The fraction of sp³-hybridized carbons (Fsp3) is 1.00. The molecule has 0 saturated carbocycles. The van der Waals surface area contributed by atoms with Gasteiger partial charge in [0.25, 0.3) is 0 Å². The summed E-state index contributed by atoms with van der Waals surface area (Å²) in [6, 6.07) is 0.864. The molecule has 2 nitrogen and oxygen atoms in total. The van der Waals surface area contributed by atoms with Crippen molar-refractivity contribution in [2.75, 3.05) is 11.5 Å². The number of aliphatic hydroxyl groups excluding tert-OH is 1. The fourth-order valence-corrected chi connectivity index (χ4v) is 2.34. The molecule has 11 heavy (non-hydrogen) atoms. The van der Waals surface area contributed by atoms with Gasteiger partial charge in [0.15, 0.2) is 0 Å². The van der Waals surface area contributed by atoms with E-state index in [1.54, 1.807) is 0 Å². The minimum absolute atomic E-state index is 0.235. The van der Waals surface area contributed by atoms with E-state index in [1.807, 2.05) is 25.6 Å². The van der Waals surface area contributed by atoms with Gasteiger partial charge < -0.3 is 10.4 Å². The van der Waals surface area contributed by atoms with Crippen LogP contribution in [0.2, 0.25) is 0 Å². The van der Waals surface area contributed by atoms with Gasteiger partial charge in [-0.2, -0.15) is 11.8 Å². The van der Waals surface area contributed by atoms with E-state index in [0.29, 0.717) is 6.04 Å². The lowest BCUT2D eigenvalue weighted by Crippen LogP contribution is -2.42. The number of hydrogen-bond acceptors (Lipinski definition) is 3. The third-order valence-electron chi connectivity index (χ3n) is 2.15. The average Bonchev–Trinajstić information content (AvgIpc) is 2.39. The van der Waals surface area contributed by atoms with E-state index in [4.69, 9.17) is 0 Å². The Morgan fingerprint density at radius 3 is 2.73 bits per heavy atom. The number of aliphatic hydroxyl groups is 1. The van der Waals surface area contributed by atoms with Crippen molar-refractivity contribution in [3.8, 4) is 0 Å². The molecular formula is C8H17NOS. The molecule has 0 amide bonds. The van der Waals surface area contributed by atoms with Gasteiger partial charge in [-0.3, -0.25) is 0 Å². The lowest BCUT2D eigenvalue weighted by Gasteiger charge is -2.20. The number of thioether (sulfide) groups is 1. The van der Waals surface area contributed by atoms with Crippen molar-refractivity contribution in [3.05, 3.63) is 0 Å². The van der Waals surface area contributed by atoms with Crippen molar-refractivity contribution in [2.45, 2.75) is 38.5 Å². The molecule has 0 spiro atoms. The summed E-state index contributed by atoms with van der Waals surface area (Å²) in [6.45, 7) is 3.87. The minimum atomic E-state index is -0.236. The molecule has 1 fully saturated rings. The maximum atomic E-state index is 9.21. The maximum Gasteiger partial charge on any atom is 0.0662 e. The van der Waals surface area contributed by atoms with Crippen LogP contribution in [0.3, 0.4) is 0 Å². The lowest BCUT2D eigenvalue weighted by molar-refractivity contribution is 0.147. The first-order valence-electron chi connectivity index (χ1n) is 4.22. The Balaban J connectivity index is 2.18. The molecule has 1 saturated heterocycles. The molecule has 1 aliphatic rings. The van der Waals surface area contributed by atoms with Crippen molar-refractivity contribution < 1.29 is 5.11 Å². The van der Waals surface area contributed by atoms with Gasteiger partial charge >= 0.3 is 0 Å². The Kier molecular flexibility index (Phi) is 3.69. The summed E-state index contributed by atoms with van der Waals surface area (Å²) in [5, 5.41) is 12.6. The second-order valence-corrected chi connectivity index (χ2v) is 4.41. The van der Waals surface area contributed by atoms with Gasteiger partial charge in [0.1, 0.15) is 0 Å². The van der Waals surface area contributed by atoms with E-state index >= 15 is 0 Å². The SMILES string of the molecule is CC(O)C(C)NC1CCSC1. The van der Waals surface area contributed by atoms with Crippen LogP contribution in [0.1, 0.15) is 20.3 Å². The molecule has 0 aliphatic carbocycles. The van der Waals surface area contributed by atoms with Crippen molar-refractivity contribution in [3.63, 3.8) is 0 Å². The first-order valence-corrected chi connectivity index (χ1v) is 5.37. The maximum absolute atomic E-state index is 9.21. The number of nitrogens with one attached hydrogen (secondary N) is 1. The quantitative estimate of drug-likeness (QED) is 0.667. The van der Waals surface area contributed by atoms with Crippen molar-refractivity contribution in [1.82, 2.24) is 5.32 Å². The highest BCUT2D eigenvalue weighted by Gasteiger charge is 2.18. The predicted octanol–water partition coefficient (Wildman–Crippen LogP) is 0.851. The second-order valence-electron chi connectivity index (χ2n) is 3.26. The summed E-state index contributed by atoms with van der Waals surface area (Å²) in [7, 11) is 0. The first-order chi connectivity index (χ1) is 5.20. The zero-order valence-electron chi connectivity index (χ0n) is 7.21. The van der Waals surface area contributed by atoms with Crippen LogP contribution in [-0.4, -0.2) is 34.8 Å². The summed E-state index contributed by atoms with van der Waals surface area (Å²) in [5.41, 5.74) is 0. The van der Waals surface area contributed by atoms with Crippen molar-refractivity contribution in [2.24, 2.45) is 0 Å². The van der Waals surface area contributed by atoms with E-state index < -0.39 is 0 Å². The van der Waals surface area contributed by atoms with E-state index in [9.17, 15) is 5.11 Å². The van der Waals surface area contributed by atoms with Gasteiger partial charge in [0.2, 0.25) is 0 Å². The summed E-state index contributed by atoms with van der Waals surface area (Å²) in [5.74, 6) is 2.47. The minimum Gasteiger partial charge on any atom is -0.392 e. The largest absolute Gasteiger partial charge is 0.392 e. The van der Waals surface area contributed by atoms with Gasteiger partial charge in [-0.15, -0.1) is 0 Å². The summed E-state index contributed by atoms with van der Waals surface area (Å²) in [6.07, 6.45) is 1.02. The van der Waals surface area contributed by atoms with Gasteiger partial charge in [0.05, 0.1) is 6.10 Å². The Bertz CT molecular complexity index is 113. The van der Waals surface area contributed by atoms with Crippen LogP contribution in [0.5, 0.6) is 0 Å². The van der Waals surface area contributed by atoms with Crippen LogP contribution < -0.4 is 5.32 Å². The third-order valence-corrected chi connectivity index (χ3v) is 3.31. The van der Waals surface area contributed by atoms with Crippen LogP contribution in [0, 0.1) is 0 Å². The Hall–Kier alpha value is 0.270. The predicted molar refractivity (Wildman–Crippen MR) is 50.0 cm³/mol. The summed E-state index contributed by atoms with van der Waals surface area (Å²) >= 11 is 1.99. The topological polar surface area (TPSA) is 32.3 Å². The fourth-order valence-electron chi connectivity index (χ4n) is 1.18. The molecule has 3 heteroatoms. The highest BCUT2D eigenvalue weighted by atomic mass is 32.2. The summed E-state index contributed by atoms with van der Waals surface area (Å²) in [4.78, 5) is 0. The average molecular weight is 175 g/mol. The molecule has 1 rings (SSSR count). The molecule has 1 heterocycles. The number of rotatable bonds is 3. The Labute approximate surface area is 72.8 Å². The third kappa shape index (κ3) is 3.01. The van der Waals surface area contributed by atoms with Crippen LogP contribution in [0.15, 0.2) is 0 Å². The van der Waals surface area contributed by atoms with E-state index in [1.165, 1.54) is 17.9 Å². The second kappa shape index (κ2) is 4.33. The van der Waals surface area contributed by atoms with E-state index in [0.717, 1.165) is 0 Å². The molecule has 0 radical (unpaired) electrons. The highest BCUT2D eigenvalue weighted by Crippen LogP contribution is 2.17. The van der Waals surface area contributed by atoms with Gasteiger partial charge in [0, 0.05) is 17.8 Å². The summed E-state index contributed by atoms with van der Waals surface area (Å²) < 4.78 is 0. The van der Waals surface area contributed by atoms with E-state index in [-0.39, 0.29) is 12.1 Å². The van der Waals surface area contributed by atoms with Crippen molar-refractivity contribution >= 4 is 11.8 Å². The van der Waals surface area contributed by atoms with Crippen LogP contribution >= 0.6 is 11.8 Å². The van der Waals surface area contributed by atoms with E-state index in [2.05, 4.69) is 5.32 Å². The molecule has 1 aliphatic heterocycles. The smallest absolute Gasteiger partial charge is 0.0662 e. The molecule has 0 bridgehead atoms.